The molecule has 1 fully saturated rings. The van der Waals surface area contributed by atoms with E-state index in [-0.39, 0.29) is 23.1 Å². The Morgan fingerprint density at radius 2 is 1.88 bits per heavy atom. The normalized spacial score (nSPS) is 15.4. The molecule has 2 amide bonds. The highest BCUT2D eigenvalue weighted by Gasteiger charge is 2.21. The minimum Gasteiger partial charge on any atom is -0.323 e. The van der Waals surface area contributed by atoms with E-state index in [4.69, 9.17) is 0 Å². The number of halogens is 1. The second kappa shape index (κ2) is 8.20. The number of hydrogen-bond acceptors (Lipinski definition) is 4. The zero-order chi connectivity index (χ0) is 17.6. The Bertz CT molecular complexity index is 741. The van der Waals surface area contributed by atoms with Crippen molar-refractivity contribution < 1.29 is 14.0 Å². The van der Waals surface area contributed by atoms with Gasteiger partial charge in [-0.25, -0.2) is 9.37 Å². The summed E-state index contributed by atoms with van der Waals surface area (Å²) in [5.41, 5.74) is 0.292. The van der Waals surface area contributed by atoms with Crippen LogP contribution < -0.4 is 10.6 Å². The van der Waals surface area contributed by atoms with Crippen molar-refractivity contribution in [2.24, 2.45) is 5.92 Å². The lowest BCUT2D eigenvalue weighted by Gasteiger charge is -2.15. The maximum Gasteiger partial charge on any atom is 0.257 e. The summed E-state index contributed by atoms with van der Waals surface area (Å²) in [5.74, 6) is -1.25. The van der Waals surface area contributed by atoms with Gasteiger partial charge in [0.05, 0.1) is 5.69 Å². The van der Waals surface area contributed by atoms with Gasteiger partial charge in [0.15, 0.2) is 5.13 Å². The molecule has 1 heterocycles. The van der Waals surface area contributed by atoms with Gasteiger partial charge < -0.3 is 5.32 Å². The standard InChI is InChI=1S/C18H20FN3O2S/c19-14-11-13(17(24)22-18-20-9-10-25-18)7-8-15(14)21-16(23)12-5-3-1-2-4-6-12/h7-12H,1-6H2,(H,21,23)(H,20,22,24). The van der Waals surface area contributed by atoms with Crippen LogP contribution in [0.5, 0.6) is 0 Å². The number of nitrogens with one attached hydrogen (secondary N) is 2. The first-order valence-electron chi connectivity index (χ1n) is 8.45. The second-order valence-electron chi connectivity index (χ2n) is 6.16. The summed E-state index contributed by atoms with van der Waals surface area (Å²) < 4.78 is 14.3. The summed E-state index contributed by atoms with van der Waals surface area (Å²) in [5, 5.41) is 7.46. The molecule has 5 nitrogen and oxygen atoms in total. The quantitative estimate of drug-likeness (QED) is 0.791. The van der Waals surface area contributed by atoms with Gasteiger partial charge in [0, 0.05) is 23.1 Å². The SMILES string of the molecule is O=C(Nc1nccs1)c1ccc(NC(=O)C2CCCCCC2)c(F)c1. The van der Waals surface area contributed by atoms with Gasteiger partial charge in [-0.1, -0.05) is 25.7 Å². The topological polar surface area (TPSA) is 71.1 Å². The number of amides is 2. The van der Waals surface area contributed by atoms with E-state index in [1.54, 1.807) is 11.6 Å². The molecule has 3 rings (SSSR count). The fourth-order valence-electron chi connectivity index (χ4n) is 2.99. The second-order valence-corrected chi connectivity index (χ2v) is 7.06. The van der Waals surface area contributed by atoms with Crippen molar-refractivity contribution in [2.45, 2.75) is 38.5 Å². The minimum absolute atomic E-state index is 0.0604. The fraction of sp³-hybridized carbons (Fsp3) is 0.389. The molecule has 0 aliphatic heterocycles. The summed E-state index contributed by atoms with van der Waals surface area (Å²) in [6.45, 7) is 0. The average molecular weight is 361 g/mol. The Morgan fingerprint density at radius 1 is 1.12 bits per heavy atom. The molecule has 132 valence electrons. The van der Waals surface area contributed by atoms with Gasteiger partial charge in [-0.2, -0.15) is 0 Å². The molecule has 2 aromatic rings. The van der Waals surface area contributed by atoms with Crippen LogP contribution in [0.4, 0.5) is 15.2 Å². The van der Waals surface area contributed by atoms with Gasteiger partial charge in [0.2, 0.25) is 5.91 Å². The highest BCUT2D eigenvalue weighted by Crippen LogP contribution is 2.25. The lowest BCUT2D eigenvalue weighted by molar-refractivity contribution is -0.120. The molecule has 1 saturated carbocycles. The van der Waals surface area contributed by atoms with E-state index in [1.165, 1.54) is 23.5 Å². The fourth-order valence-corrected chi connectivity index (χ4v) is 3.51. The lowest BCUT2D eigenvalue weighted by atomic mass is 9.99. The van der Waals surface area contributed by atoms with Crippen LogP contribution in [-0.2, 0) is 4.79 Å². The van der Waals surface area contributed by atoms with Crippen molar-refractivity contribution in [2.75, 3.05) is 10.6 Å². The number of anilines is 2. The first kappa shape index (κ1) is 17.5. The third-order valence-electron chi connectivity index (χ3n) is 4.37. The van der Waals surface area contributed by atoms with Gasteiger partial charge in [0.25, 0.3) is 5.91 Å². The van der Waals surface area contributed by atoms with Gasteiger partial charge in [-0.05, 0) is 31.0 Å². The van der Waals surface area contributed by atoms with E-state index in [0.29, 0.717) is 5.13 Å². The Labute approximate surface area is 149 Å². The Kier molecular flexibility index (Phi) is 5.75. The number of nitrogens with zero attached hydrogens (tertiary/aromatic N) is 1. The number of hydrogen-bond donors (Lipinski definition) is 2. The van der Waals surface area contributed by atoms with Gasteiger partial charge in [-0.15, -0.1) is 11.3 Å². The third kappa shape index (κ3) is 4.63. The molecule has 0 atom stereocenters. The van der Waals surface area contributed by atoms with Gasteiger partial charge in [0.1, 0.15) is 5.82 Å². The zero-order valence-electron chi connectivity index (χ0n) is 13.8. The summed E-state index contributed by atoms with van der Waals surface area (Å²) in [4.78, 5) is 28.4. The van der Waals surface area contributed by atoms with Crippen molar-refractivity contribution in [3.05, 3.63) is 41.2 Å². The van der Waals surface area contributed by atoms with Crippen LogP contribution in [0, 0.1) is 11.7 Å². The van der Waals surface area contributed by atoms with Gasteiger partial charge >= 0.3 is 0 Å². The molecule has 25 heavy (non-hydrogen) atoms. The van der Waals surface area contributed by atoms with Crippen LogP contribution in [0.1, 0.15) is 48.9 Å². The Balaban J connectivity index is 1.65. The molecule has 1 aromatic heterocycles. The van der Waals surface area contributed by atoms with Crippen molar-refractivity contribution in [1.82, 2.24) is 4.98 Å². The smallest absolute Gasteiger partial charge is 0.257 e. The highest BCUT2D eigenvalue weighted by atomic mass is 32.1. The summed E-state index contributed by atoms with van der Waals surface area (Å²) in [6.07, 6.45) is 7.66. The van der Waals surface area contributed by atoms with Crippen LogP contribution in [0.15, 0.2) is 29.8 Å². The van der Waals surface area contributed by atoms with Crippen LogP contribution in [0.2, 0.25) is 0 Å². The van der Waals surface area contributed by atoms with E-state index in [0.717, 1.165) is 44.6 Å². The first-order valence-corrected chi connectivity index (χ1v) is 9.33. The van der Waals surface area contributed by atoms with E-state index in [9.17, 15) is 14.0 Å². The largest absolute Gasteiger partial charge is 0.323 e. The number of carbonyl (C=O) groups is 2. The van der Waals surface area contributed by atoms with E-state index in [2.05, 4.69) is 15.6 Å². The molecule has 7 heteroatoms. The number of aromatic nitrogens is 1. The van der Waals surface area contributed by atoms with Crippen LogP contribution >= 0.6 is 11.3 Å². The molecule has 0 saturated heterocycles. The van der Waals surface area contributed by atoms with Crippen LogP contribution in [0.25, 0.3) is 0 Å². The lowest BCUT2D eigenvalue weighted by Crippen LogP contribution is -2.23. The molecule has 2 N–H and O–H groups in total. The first-order chi connectivity index (χ1) is 12.1. The molecule has 0 unspecified atom stereocenters. The molecule has 0 radical (unpaired) electrons. The average Bonchev–Trinajstić information content (AvgIpc) is 2.95. The van der Waals surface area contributed by atoms with Crippen LogP contribution in [0.3, 0.4) is 0 Å². The minimum atomic E-state index is -0.617. The van der Waals surface area contributed by atoms with Crippen molar-refractivity contribution in [1.29, 1.82) is 0 Å². The Morgan fingerprint density at radius 3 is 2.52 bits per heavy atom. The summed E-state index contributed by atoms with van der Waals surface area (Å²) in [7, 11) is 0. The third-order valence-corrected chi connectivity index (χ3v) is 5.06. The molecule has 1 aliphatic rings. The molecule has 1 aromatic carbocycles. The number of thiazole rings is 1. The van der Waals surface area contributed by atoms with E-state index < -0.39 is 11.7 Å². The number of rotatable bonds is 4. The predicted octanol–water partition coefficient (Wildman–Crippen LogP) is 4.44. The predicted molar refractivity (Wildman–Crippen MR) is 96.3 cm³/mol. The Hall–Kier alpha value is -2.28. The zero-order valence-corrected chi connectivity index (χ0v) is 14.6. The highest BCUT2D eigenvalue weighted by molar-refractivity contribution is 7.13. The summed E-state index contributed by atoms with van der Waals surface area (Å²) >= 11 is 1.29. The summed E-state index contributed by atoms with van der Waals surface area (Å²) in [6, 6.07) is 4.06. The maximum atomic E-state index is 14.3. The maximum absolute atomic E-state index is 14.3. The molecular formula is C18H20FN3O2S. The molecule has 0 bridgehead atoms. The molecular weight excluding hydrogens is 341 g/mol. The van der Waals surface area contributed by atoms with Crippen molar-refractivity contribution >= 4 is 34.0 Å². The monoisotopic (exact) mass is 361 g/mol. The van der Waals surface area contributed by atoms with Gasteiger partial charge in [-0.3, -0.25) is 14.9 Å². The molecule has 1 aliphatic carbocycles. The van der Waals surface area contributed by atoms with Crippen LogP contribution in [-0.4, -0.2) is 16.8 Å². The van der Waals surface area contributed by atoms with E-state index in [1.807, 2.05) is 0 Å². The number of carbonyl (C=O) groups excluding carboxylic acids is 2. The number of benzene rings is 1. The van der Waals surface area contributed by atoms with E-state index >= 15 is 0 Å². The molecule has 0 spiro atoms. The van der Waals surface area contributed by atoms with Crippen molar-refractivity contribution in [3.8, 4) is 0 Å². The van der Waals surface area contributed by atoms with Crippen molar-refractivity contribution in [3.63, 3.8) is 0 Å².